The number of nitrogens with one attached hydrogen (secondary N) is 1. The third kappa shape index (κ3) is 2.54. The van der Waals surface area contributed by atoms with Crippen molar-refractivity contribution in [3.05, 3.63) is 15.1 Å². The number of ether oxygens (including phenoxy) is 1. The molecule has 2 rings (SSSR count). The van der Waals surface area contributed by atoms with Crippen molar-refractivity contribution < 1.29 is 4.74 Å². The Balaban J connectivity index is 2.41. The number of anilines is 1. The molecular formula is C12H18IN3O. The van der Waals surface area contributed by atoms with E-state index < -0.39 is 0 Å². The average molecular weight is 347 g/mol. The second-order valence-electron chi connectivity index (χ2n) is 4.58. The number of nitrogens with zero attached hydrogens (tertiary/aromatic N) is 2. The molecule has 1 aromatic rings. The van der Waals surface area contributed by atoms with Gasteiger partial charge >= 0.3 is 0 Å². The lowest BCUT2D eigenvalue weighted by molar-refractivity contribution is -0.0760. The molecule has 94 valence electrons. The van der Waals surface area contributed by atoms with E-state index in [2.05, 4.69) is 44.8 Å². The zero-order valence-corrected chi connectivity index (χ0v) is 12.7. The van der Waals surface area contributed by atoms with Crippen LogP contribution in [0.3, 0.4) is 0 Å². The number of aromatic nitrogens is 2. The highest BCUT2D eigenvalue weighted by Crippen LogP contribution is 2.34. The topological polar surface area (TPSA) is 47.0 Å². The Labute approximate surface area is 116 Å². The van der Waals surface area contributed by atoms with Gasteiger partial charge in [0.2, 0.25) is 0 Å². The fourth-order valence-corrected chi connectivity index (χ4v) is 2.58. The molecule has 1 aliphatic heterocycles. The van der Waals surface area contributed by atoms with E-state index in [4.69, 9.17) is 4.74 Å². The lowest BCUT2D eigenvalue weighted by Gasteiger charge is -2.32. The van der Waals surface area contributed by atoms with Gasteiger partial charge in [-0.05, 0) is 55.7 Å². The quantitative estimate of drug-likeness (QED) is 0.836. The van der Waals surface area contributed by atoms with E-state index >= 15 is 0 Å². The van der Waals surface area contributed by atoms with Crippen LogP contribution in [0.5, 0.6) is 0 Å². The van der Waals surface area contributed by atoms with Crippen LogP contribution in [0.2, 0.25) is 0 Å². The van der Waals surface area contributed by atoms with E-state index in [1.54, 1.807) is 0 Å². The van der Waals surface area contributed by atoms with Crippen LogP contribution >= 0.6 is 22.6 Å². The van der Waals surface area contributed by atoms with Crippen molar-refractivity contribution >= 4 is 28.4 Å². The molecule has 1 aromatic heterocycles. The number of rotatable bonds is 2. The Kier molecular flexibility index (Phi) is 3.87. The van der Waals surface area contributed by atoms with Gasteiger partial charge < -0.3 is 10.1 Å². The number of halogens is 1. The van der Waals surface area contributed by atoms with Crippen molar-refractivity contribution in [3.8, 4) is 0 Å². The molecule has 0 amide bonds. The maximum Gasteiger partial charge on any atom is 0.162 e. The monoisotopic (exact) mass is 347 g/mol. The van der Waals surface area contributed by atoms with Crippen LogP contribution in [0.25, 0.3) is 0 Å². The zero-order valence-electron chi connectivity index (χ0n) is 10.5. The maximum absolute atomic E-state index is 5.89. The molecule has 0 aliphatic carbocycles. The zero-order chi connectivity index (χ0) is 12.5. The van der Waals surface area contributed by atoms with Crippen molar-refractivity contribution in [1.29, 1.82) is 0 Å². The molecule has 17 heavy (non-hydrogen) atoms. The molecule has 0 saturated carbocycles. The van der Waals surface area contributed by atoms with Crippen molar-refractivity contribution in [1.82, 2.24) is 9.97 Å². The van der Waals surface area contributed by atoms with E-state index in [1.165, 1.54) is 6.42 Å². The molecule has 0 bridgehead atoms. The normalized spacial score (nSPS) is 24.7. The molecule has 1 aliphatic rings. The molecule has 0 radical (unpaired) electrons. The van der Waals surface area contributed by atoms with Crippen molar-refractivity contribution in [2.45, 2.75) is 38.7 Å². The average Bonchev–Trinajstić information content (AvgIpc) is 2.33. The molecule has 1 unspecified atom stereocenters. The molecule has 1 fully saturated rings. The van der Waals surface area contributed by atoms with Crippen LogP contribution in [0.4, 0.5) is 5.82 Å². The summed E-state index contributed by atoms with van der Waals surface area (Å²) in [6.45, 7) is 4.91. The highest BCUT2D eigenvalue weighted by atomic mass is 127. The summed E-state index contributed by atoms with van der Waals surface area (Å²) < 4.78 is 6.97. The second-order valence-corrected chi connectivity index (χ2v) is 5.66. The van der Waals surface area contributed by atoms with Gasteiger partial charge in [-0.2, -0.15) is 0 Å². The Morgan fingerprint density at radius 1 is 1.35 bits per heavy atom. The Morgan fingerprint density at radius 3 is 2.71 bits per heavy atom. The second kappa shape index (κ2) is 5.06. The smallest absolute Gasteiger partial charge is 0.162 e. The van der Waals surface area contributed by atoms with Gasteiger partial charge in [0.25, 0.3) is 0 Å². The van der Waals surface area contributed by atoms with E-state index in [9.17, 15) is 0 Å². The van der Waals surface area contributed by atoms with Crippen LogP contribution in [0.1, 0.15) is 37.7 Å². The molecule has 4 nitrogen and oxygen atoms in total. The number of aryl methyl sites for hydroxylation is 1. The van der Waals surface area contributed by atoms with Gasteiger partial charge in [0.1, 0.15) is 11.4 Å². The molecule has 1 saturated heterocycles. The fraction of sp³-hybridized carbons (Fsp3) is 0.667. The van der Waals surface area contributed by atoms with E-state index in [-0.39, 0.29) is 5.60 Å². The minimum atomic E-state index is -0.320. The van der Waals surface area contributed by atoms with Gasteiger partial charge in [-0.3, -0.25) is 0 Å². The molecule has 1 atom stereocenters. The molecular weight excluding hydrogens is 329 g/mol. The highest BCUT2D eigenvalue weighted by Gasteiger charge is 2.33. The Bertz CT molecular complexity index is 416. The summed E-state index contributed by atoms with van der Waals surface area (Å²) >= 11 is 2.27. The first-order valence-electron chi connectivity index (χ1n) is 5.93. The van der Waals surface area contributed by atoms with Crippen LogP contribution in [0, 0.1) is 10.5 Å². The highest BCUT2D eigenvalue weighted by molar-refractivity contribution is 14.1. The summed E-state index contributed by atoms with van der Waals surface area (Å²) in [5.41, 5.74) is 0.689. The molecule has 1 N–H and O–H groups in total. The third-order valence-corrected chi connectivity index (χ3v) is 4.49. The van der Waals surface area contributed by atoms with Crippen LogP contribution in [-0.4, -0.2) is 23.6 Å². The van der Waals surface area contributed by atoms with Crippen LogP contribution in [-0.2, 0) is 10.3 Å². The fourth-order valence-electron chi connectivity index (χ4n) is 2.07. The molecule has 2 heterocycles. The van der Waals surface area contributed by atoms with Crippen molar-refractivity contribution in [2.24, 2.45) is 0 Å². The minimum Gasteiger partial charge on any atom is -0.372 e. The van der Waals surface area contributed by atoms with Gasteiger partial charge in [0, 0.05) is 13.7 Å². The molecule has 0 aromatic carbocycles. The summed E-state index contributed by atoms with van der Waals surface area (Å²) in [5, 5.41) is 3.12. The largest absolute Gasteiger partial charge is 0.372 e. The third-order valence-electron chi connectivity index (χ3n) is 3.20. The van der Waals surface area contributed by atoms with Gasteiger partial charge in [-0.15, -0.1) is 0 Å². The standard InChI is InChI=1S/C12H18IN3O/c1-8-9(13)10(14-3)16-11(15-8)12(2)6-4-5-7-17-12/h4-7H2,1-3H3,(H,14,15,16). The van der Waals surface area contributed by atoms with Gasteiger partial charge in [0.15, 0.2) is 5.82 Å². The first-order chi connectivity index (χ1) is 8.07. The Hall–Kier alpha value is -0.430. The summed E-state index contributed by atoms with van der Waals surface area (Å²) in [6, 6.07) is 0. The minimum absolute atomic E-state index is 0.320. The number of hydrogen-bond acceptors (Lipinski definition) is 4. The summed E-state index contributed by atoms with van der Waals surface area (Å²) in [6.07, 6.45) is 3.31. The Morgan fingerprint density at radius 2 is 2.12 bits per heavy atom. The number of hydrogen-bond donors (Lipinski definition) is 1. The van der Waals surface area contributed by atoms with Crippen LogP contribution in [0.15, 0.2) is 0 Å². The molecule has 0 spiro atoms. The van der Waals surface area contributed by atoms with E-state index in [0.29, 0.717) is 0 Å². The van der Waals surface area contributed by atoms with Gasteiger partial charge in [0.05, 0.1) is 9.26 Å². The predicted octanol–water partition coefficient (Wildman–Crippen LogP) is 2.85. The van der Waals surface area contributed by atoms with E-state index in [1.807, 2.05) is 14.0 Å². The summed E-state index contributed by atoms with van der Waals surface area (Å²) in [7, 11) is 1.89. The first kappa shape index (κ1) is 13.0. The molecule has 5 heteroatoms. The first-order valence-corrected chi connectivity index (χ1v) is 7.01. The van der Waals surface area contributed by atoms with Crippen LogP contribution < -0.4 is 5.32 Å². The predicted molar refractivity (Wildman–Crippen MR) is 76.2 cm³/mol. The van der Waals surface area contributed by atoms with Crippen molar-refractivity contribution in [2.75, 3.05) is 19.0 Å². The summed E-state index contributed by atoms with van der Waals surface area (Å²) in [5.74, 6) is 1.70. The lowest BCUT2D eigenvalue weighted by atomic mass is 9.95. The maximum atomic E-state index is 5.89. The lowest BCUT2D eigenvalue weighted by Crippen LogP contribution is -2.33. The van der Waals surface area contributed by atoms with Gasteiger partial charge in [-0.25, -0.2) is 9.97 Å². The van der Waals surface area contributed by atoms with Gasteiger partial charge in [-0.1, -0.05) is 0 Å². The SMILES string of the molecule is CNc1nc(C2(C)CCCCO2)nc(C)c1I. The summed E-state index contributed by atoms with van der Waals surface area (Å²) in [4.78, 5) is 9.19. The van der Waals surface area contributed by atoms with E-state index in [0.717, 1.165) is 40.4 Å². The van der Waals surface area contributed by atoms with Crippen molar-refractivity contribution in [3.63, 3.8) is 0 Å².